The zero-order valence-electron chi connectivity index (χ0n) is 14.7. The van der Waals surface area contributed by atoms with E-state index in [1.165, 1.54) is 31.3 Å². The van der Waals surface area contributed by atoms with Gasteiger partial charge in [-0.3, -0.25) is 0 Å². The van der Waals surface area contributed by atoms with Gasteiger partial charge in [0, 0.05) is 12.0 Å². The van der Waals surface area contributed by atoms with Crippen molar-refractivity contribution in [3.8, 4) is 0 Å². The highest BCUT2D eigenvalue weighted by molar-refractivity contribution is 5.90. The Bertz CT molecular complexity index is 545. The number of cyclic esters (lactones) is 1. The lowest BCUT2D eigenvalue weighted by Crippen LogP contribution is -2.49. The number of ether oxygens (including phenoxy) is 1. The normalized spacial score (nSPS) is 41.7. The number of rotatable bonds is 2. The maximum Gasteiger partial charge on any atom is 0.336 e. The molecule has 1 aliphatic heterocycles. The van der Waals surface area contributed by atoms with Gasteiger partial charge in [-0.25, -0.2) is 4.79 Å². The van der Waals surface area contributed by atoms with Crippen LogP contribution in [0.15, 0.2) is 23.8 Å². The smallest absolute Gasteiger partial charge is 0.336 e. The average molecular weight is 318 g/mol. The third kappa shape index (κ3) is 2.88. The van der Waals surface area contributed by atoms with Crippen molar-refractivity contribution in [3.05, 3.63) is 23.8 Å². The Morgan fingerprint density at radius 2 is 2.09 bits per heavy atom. The van der Waals surface area contributed by atoms with Crippen molar-refractivity contribution >= 4 is 5.97 Å². The molecule has 0 aromatic carbocycles. The summed E-state index contributed by atoms with van der Waals surface area (Å²) in [5.41, 5.74) is 2.63. The molecule has 2 saturated carbocycles. The molecule has 3 fully saturated rings. The fraction of sp³-hybridized carbons (Fsp3) is 0.750. The van der Waals surface area contributed by atoms with Crippen LogP contribution in [0.25, 0.3) is 0 Å². The number of allylic oxidation sites excluding steroid dienone is 2. The van der Waals surface area contributed by atoms with Gasteiger partial charge in [0.05, 0.1) is 0 Å². The summed E-state index contributed by atoms with van der Waals surface area (Å²) in [7, 11) is 0. The molecule has 0 spiro atoms. The number of hydrogen-bond acceptors (Lipinski definition) is 3. The minimum absolute atomic E-state index is 0.273. The second kappa shape index (κ2) is 5.77. The van der Waals surface area contributed by atoms with Crippen LogP contribution < -0.4 is 0 Å². The molecule has 3 rings (SSSR count). The molecule has 4 atom stereocenters. The van der Waals surface area contributed by atoms with Crippen LogP contribution in [-0.2, 0) is 9.53 Å². The fourth-order valence-electron chi connectivity index (χ4n) is 5.65. The number of carbonyl (C=O) groups excluding carboxylic acids is 1. The van der Waals surface area contributed by atoms with Crippen LogP contribution in [0.4, 0.5) is 0 Å². The SMILES string of the molecule is C=C1CC[C@H]2C(C)(C)CCC[C@]2(C)C1C/C=C1\CC(O)OC1=O. The Hall–Kier alpha value is -1.09. The Morgan fingerprint density at radius 1 is 1.35 bits per heavy atom. The molecule has 3 heteroatoms. The molecule has 3 nitrogen and oxygen atoms in total. The van der Waals surface area contributed by atoms with E-state index in [0.29, 0.717) is 23.3 Å². The monoisotopic (exact) mass is 318 g/mol. The van der Waals surface area contributed by atoms with Gasteiger partial charge in [0.2, 0.25) is 6.29 Å². The van der Waals surface area contributed by atoms with E-state index >= 15 is 0 Å². The van der Waals surface area contributed by atoms with E-state index in [4.69, 9.17) is 4.74 Å². The molecule has 0 aromatic heterocycles. The number of hydrogen-bond donors (Lipinski definition) is 1. The zero-order chi connectivity index (χ0) is 16.8. The van der Waals surface area contributed by atoms with Crippen molar-refractivity contribution in [2.45, 2.75) is 72.0 Å². The van der Waals surface area contributed by atoms with Gasteiger partial charge in [-0.2, -0.15) is 0 Å². The lowest BCUT2D eigenvalue weighted by Gasteiger charge is -2.58. The summed E-state index contributed by atoms with van der Waals surface area (Å²) in [4.78, 5) is 11.7. The van der Waals surface area contributed by atoms with Gasteiger partial charge < -0.3 is 9.84 Å². The van der Waals surface area contributed by atoms with E-state index in [0.717, 1.165) is 18.8 Å². The molecule has 1 saturated heterocycles. The van der Waals surface area contributed by atoms with E-state index < -0.39 is 6.29 Å². The molecule has 0 bridgehead atoms. The van der Waals surface area contributed by atoms with E-state index in [9.17, 15) is 9.90 Å². The molecule has 2 aliphatic carbocycles. The summed E-state index contributed by atoms with van der Waals surface area (Å²) in [6.45, 7) is 11.6. The van der Waals surface area contributed by atoms with E-state index in [-0.39, 0.29) is 11.4 Å². The Morgan fingerprint density at radius 3 is 2.74 bits per heavy atom. The summed E-state index contributed by atoms with van der Waals surface area (Å²) in [5.74, 6) is 0.794. The summed E-state index contributed by atoms with van der Waals surface area (Å²) >= 11 is 0. The van der Waals surface area contributed by atoms with Crippen molar-refractivity contribution in [1.29, 1.82) is 0 Å². The third-order valence-electron chi connectivity index (χ3n) is 6.82. The van der Waals surface area contributed by atoms with Crippen LogP contribution in [0, 0.1) is 22.7 Å². The maximum absolute atomic E-state index is 11.7. The van der Waals surface area contributed by atoms with Gasteiger partial charge in [-0.15, -0.1) is 0 Å². The van der Waals surface area contributed by atoms with Gasteiger partial charge >= 0.3 is 5.97 Å². The predicted octanol–water partition coefficient (Wildman–Crippen LogP) is 4.37. The van der Waals surface area contributed by atoms with Gasteiger partial charge in [0.1, 0.15) is 0 Å². The highest BCUT2D eigenvalue weighted by Gasteiger charge is 2.52. The van der Waals surface area contributed by atoms with Gasteiger partial charge in [-0.05, 0) is 54.8 Å². The largest absolute Gasteiger partial charge is 0.432 e. The van der Waals surface area contributed by atoms with Gasteiger partial charge in [-0.1, -0.05) is 45.4 Å². The van der Waals surface area contributed by atoms with Crippen molar-refractivity contribution in [2.75, 3.05) is 0 Å². The number of aliphatic hydroxyl groups excluding tert-OH is 1. The lowest BCUT2D eigenvalue weighted by molar-refractivity contribution is -0.152. The molecule has 0 aromatic rings. The number of esters is 1. The molecular formula is C20H30O3. The molecule has 1 heterocycles. The van der Waals surface area contributed by atoms with Gasteiger partial charge in [0.25, 0.3) is 0 Å². The van der Waals surface area contributed by atoms with Crippen molar-refractivity contribution < 1.29 is 14.6 Å². The lowest BCUT2D eigenvalue weighted by atomic mass is 9.47. The summed E-state index contributed by atoms with van der Waals surface area (Å²) < 4.78 is 4.83. The van der Waals surface area contributed by atoms with Crippen LogP contribution >= 0.6 is 0 Å². The van der Waals surface area contributed by atoms with Crippen molar-refractivity contribution in [3.63, 3.8) is 0 Å². The molecule has 0 amide bonds. The van der Waals surface area contributed by atoms with Crippen molar-refractivity contribution in [2.24, 2.45) is 22.7 Å². The van der Waals surface area contributed by atoms with E-state index in [1.807, 2.05) is 6.08 Å². The molecule has 1 N–H and O–H groups in total. The number of aliphatic hydroxyl groups is 1. The quantitative estimate of drug-likeness (QED) is 0.467. The Kier molecular flexibility index (Phi) is 4.20. The highest BCUT2D eigenvalue weighted by Crippen LogP contribution is 2.61. The van der Waals surface area contributed by atoms with Crippen LogP contribution in [0.1, 0.15) is 65.7 Å². The Balaban J connectivity index is 1.83. The predicted molar refractivity (Wildman–Crippen MR) is 90.5 cm³/mol. The first kappa shape index (κ1) is 16.8. The van der Waals surface area contributed by atoms with Crippen LogP contribution in [-0.4, -0.2) is 17.4 Å². The molecule has 2 unspecified atom stereocenters. The van der Waals surface area contributed by atoms with Crippen LogP contribution in [0.3, 0.4) is 0 Å². The topological polar surface area (TPSA) is 46.5 Å². The Labute approximate surface area is 139 Å². The van der Waals surface area contributed by atoms with Crippen molar-refractivity contribution in [1.82, 2.24) is 0 Å². The first-order chi connectivity index (χ1) is 10.7. The van der Waals surface area contributed by atoms with Crippen LogP contribution in [0.5, 0.6) is 0 Å². The fourth-order valence-corrected chi connectivity index (χ4v) is 5.65. The zero-order valence-corrected chi connectivity index (χ0v) is 14.7. The molecule has 3 aliphatic rings. The first-order valence-electron chi connectivity index (χ1n) is 9.00. The highest BCUT2D eigenvalue weighted by atomic mass is 16.6. The molecular weight excluding hydrogens is 288 g/mol. The number of carbonyl (C=O) groups is 1. The minimum Gasteiger partial charge on any atom is -0.432 e. The second-order valence-electron chi connectivity index (χ2n) is 8.68. The standard InChI is InChI=1S/C20H30O3/c1-13-6-9-16-19(2,3)10-5-11-20(16,4)15(13)8-7-14-12-17(21)23-18(14)22/h7,15-17,21H,1,5-6,8-12H2,2-4H3/b14-7+/t15?,16-,17?,20+/m0/s1. The maximum atomic E-state index is 11.7. The molecule has 128 valence electrons. The van der Waals surface area contributed by atoms with Crippen LogP contribution in [0.2, 0.25) is 0 Å². The molecule has 23 heavy (non-hydrogen) atoms. The molecule has 0 radical (unpaired) electrons. The van der Waals surface area contributed by atoms with E-state index in [2.05, 4.69) is 27.4 Å². The summed E-state index contributed by atoms with van der Waals surface area (Å²) in [5, 5.41) is 9.46. The number of fused-ring (bicyclic) bond motifs is 1. The minimum atomic E-state index is -0.958. The summed E-state index contributed by atoms with van der Waals surface area (Å²) in [6.07, 6.45) is 8.40. The second-order valence-corrected chi connectivity index (χ2v) is 8.68. The average Bonchev–Trinajstić information content (AvgIpc) is 2.75. The van der Waals surface area contributed by atoms with Gasteiger partial charge in [0.15, 0.2) is 0 Å². The van der Waals surface area contributed by atoms with E-state index in [1.54, 1.807) is 0 Å². The third-order valence-corrected chi connectivity index (χ3v) is 6.82. The first-order valence-corrected chi connectivity index (χ1v) is 9.00. The summed E-state index contributed by atoms with van der Waals surface area (Å²) in [6, 6.07) is 0.